The van der Waals surface area contributed by atoms with Gasteiger partial charge in [0.05, 0.1) is 6.26 Å². The molecule has 0 aliphatic carbocycles. The molecule has 136 valence electrons. The Balaban J connectivity index is 2.07. The number of amides is 2. The molecule has 0 saturated heterocycles. The Bertz CT molecular complexity index is 768. The van der Waals surface area contributed by atoms with Crippen LogP contribution in [0, 0.1) is 0 Å². The monoisotopic (exact) mass is 356 g/mol. The standard InChI is InChI=1S/C19H20N2O5/c1-13(19(24)25)20-18(23)16(12-14-6-3-2-4-7-14)21-17(22)10-9-15-8-5-11-26-15/h2-11,13,16H,12H2,1H3,(H,20,23)(H,21,22)(H,24,25)/b10-9+/t13-,16-/m1/s1. The molecule has 2 rings (SSSR count). The summed E-state index contributed by atoms with van der Waals surface area (Å²) in [6, 6.07) is 10.5. The van der Waals surface area contributed by atoms with Crippen LogP contribution in [0.1, 0.15) is 18.2 Å². The molecular weight excluding hydrogens is 336 g/mol. The maximum absolute atomic E-state index is 12.4. The number of hydrogen-bond donors (Lipinski definition) is 3. The molecule has 1 heterocycles. The minimum absolute atomic E-state index is 0.235. The van der Waals surface area contributed by atoms with E-state index in [-0.39, 0.29) is 6.42 Å². The fraction of sp³-hybridized carbons (Fsp3) is 0.211. The highest BCUT2D eigenvalue weighted by atomic mass is 16.4. The van der Waals surface area contributed by atoms with Crippen LogP contribution in [0.15, 0.2) is 59.2 Å². The van der Waals surface area contributed by atoms with Gasteiger partial charge < -0.3 is 20.2 Å². The summed E-state index contributed by atoms with van der Waals surface area (Å²) < 4.78 is 5.10. The third-order valence-corrected chi connectivity index (χ3v) is 3.59. The maximum atomic E-state index is 12.4. The van der Waals surface area contributed by atoms with Gasteiger partial charge in [-0.05, 0) is 30.7 Å². The number of hydrogen-bond acceptors (Lipinski definition) is 4. The lowest BCUT2D eigenvalue weighted by Crippen LogP contribution is -2.51. The molecule has 0 fully saturated rings. The van der Waals surface area contributed by atoms with Crippen LogP contribution in [-0.2, 0) is 20.8 Å². The van der Waals surface area contributed by atoms with E-state index in [1.807, 2.05) is 30.3 Å². The quantitative estimate of drug-likeness (QED) is 0.623. The van der Waals surface area contributed by atoms with Crippen molar-refractivity contribution in [3.8, 4) is 0 Å². The second kappa shape index (κ2) is 9.22. The van der Waals surface area contributed by atoms with Crippen LogP contribution >= 0.6 is 0 Å². The summed E-state index contributed by atoms with van der Waals surface area (Å²) >= 11 is 0. The van der Waals surface area contributed by atoms with Crippen molar-refractivity contribution in [2.24, 2.45) is 0 Å². The van der Waals surface area contributed by atoms with E-state index in [4.69, 9.17) is 9.52 Å². The molecule has 26 heavy (non-hydrogen) atoms. The third-order valence-electron chi connectivity index (χ3n) is 3.59. The van der Waals surface area contributed by atoms with Crippen molar-refractivity contribution in [2.45, 2.75) is 25.4 Å². The Labute approximate surface area is 150 Å². The molecule has 0 aliphatic heterocycles. The Morgan fingerprint density at radius 1 is 1.12 bits per heavy atom. The van der Waals surface area contributed by atoms with Crippen molar-refractivity contribution in [3.05, 3.63) is 66.1 Å². The van der Waals surface area contributed by atoms with Crippen LogP contribution < -0.4 is 10.6 Å². The molecule has 2 atom stereocenters. The average molecular weight is 356 g/mol. The lowest BCUT2D eigenvalue weighted by atomic mass is 10.0. The number of carboxylic acids is 1. The van der Waals surface area contributed by atoms with Crippen LogP contribution in [0.25, 0.3) is 6.08 Å². The first kappa shape index (κ1) is 19.0. The van der Waals surface area contributed by atoms with Crippen LogP contribution in [0.3, 0.4) is 0 Å². The molecule has 3 N–H and O–H groups in total. The summed E-state index contributed by atoms with van der Waals surface area (Å²) in [4.78, 5) is 35.5. The summed E-state index contributed by atoms with van der Waals surface area (Å²) in [6.07, 6.45) is 4.45. The number of aliphatic carboxylic acids is 1. The maximum Gasteiger partial charge on any atom is 0.325 e. The SMILES string of the molecule is C[C@@H](NC(=O)[C@@H](Cc1ccccc1)NC(=O)/C=C/c1ccco1)C(=O)O. The van der Waals surface area contributed by atoms with Gasteiger partial charge in [-0.1, -0.05) is 30.3 Å². The molecule has 2 amide bonds. The van der Waals surface area contributed by atoms with E-state index in [1.165, 1.54) is 25.3 Å². The number of carbonyl (C=O) groups excluding carboxylic acids is 2. The summed E-state index contributed by atoms with van der Waals surface area (Å²) in [5, 5.41) is 13.9. The minimum Gasteiger partial charge on any atom is -0.480 e. The van der Waals surface area contributed by atoms with Gasteiger partial charge in [-0.2, -0.15) is 0 Å². The van der Waals surface area contributed by atoms with Gasteiger partial charge in [-0.3, -0.25) is 14.4 Å². The Morgan fingerprint density at radius 3 is 2.46 bits per heavy atom. The number of rotatable bonds is 8. The van der Waals surface area contributed by atoms with E-state index in [0.717, 1.165) is 5.56 Å². The summed E-state index contributed by atoms with van der Waals surface area (Å²) in [7, 11) is 0. The summed E-state index contributed by atoms with van der Waals surface area (Å²) in [5.41, 5.74) is 0.839. The number of benzene rings is 1. The minimum atomic E-state index is -1.15. The smallest absolute Gasteiger partial charge is 0.325 e. The van der Waals surface area contributed by atoms with E-state index < -0.39 is 29.9 Å². The van der Waals surface area contributed by atoms with Crippen LogP contribution in [-0.4, -0.2) is 35.0 Å². The molecule has 0 radical (unpaired) electrons. The van der Waals surface area contributed by atoms with Crippen LogP contribution in [0.4, 0.5) is 0 Å². The van der Waals surface area contributed by atoms with Gasteiger partial charge in [0.15, 0.2) is 0 Å². The molecule has 7 nitrogen and oxygen atoms in total. The van der Waals surface area contributed by atoms with E-state index >= 15 is 0 Å². The van der Waals surface area contributed by atoms with E-state index in [2.05, 4.69) is 10.6 Å². The second-order valence-corrected chi connectivity index (χ2v) is 5.67. The zero-order valence-electron chi connectivity index (χ0n) is 14.2. The van der Waals surface area contributed by atoms with Gasteiger partial charge in [0.25, 0.3) is 0 Å². The van der Waals surface area contributed by atoms with Gasteiger partial charge in [-0.25, -0.2) is 0 Å². The van der Waals surface area contributed by atoms with Crippen molar-refractivity contribution < 1.29 is 23.9 Å². The van der Waals surface area contributed by atoms with Crippen molar-refractivity contribution in [3.63, 3.8) is 0 Å². The first-order chi connectivity index (χ1) is 12.5. The highest BCUT2D eigenvalue weighted by Crippen LogP contribution is 2.05. The summed E-state index contributed by atoms with van der Waals surface area (Å²) in [5.74, 6) is -1.70. The number of nitrogens with one attached hydrogen (secondary N) is 2. The number of furan rings is 1. The highest BCUT2D eigenvalue weighted by Gasteiger charge is 2.24. The Morgan fingerprint density at radius 2 is 1.85 bits per heavy atom. The molecule has 2 aromatic rings. The first-order valence-corrected chi connectivity index (χ1v) is 8.05. The zero-order valence-corrected chi connectivity index (χ0v) is 14.2. The highest BCUT2D eigenvalue weighted by molar-refractivity contribution is 5.96. The van der Waals surface area contributed by atoms with Gasteiger partial charge >= 0.3 is 5.97 Å². The predicted octanol–water partition coefficient (Wildman–Crippen LogP) is 1.61. The number of carboxylic acid groups (broad SMARTS) is 1. The van der Waals surface area contributed by atoms with Gasteiger partial charge in [0, 0.05) is 12.5 Å². The van der Waals surface area contributed by atoms with E-state index in [1.54, 1.807) is 12.1 Å². The fourth-order valence-electron chi connectivity index (χ4n) is 2.20. The Kier molecular flexibility index (Phi) is 6.73. The van der Waals surface area contributed by atoms with E-state index in [9.17, 15) is 14.4 Å². The molecule has 0 bridgehead atoms. The molecule has 0 saturated carbocycles. The van der Waals surface area contributed by atoms with Gasteiger partial charge in [0.2, 0.25) is 11.8 Å². The zero-order chi connectivity index (χ0) is 18.9. The van der Waals surface area contributed by atoms with Crippen LogP contribution in [0.5, 0.6) is 0 Å². The topological polar surface area (TPSA) is 109 Å². The van der Waals surface area contributed by atoms with Crippen molar-refractivity contribution >= 4 is 23.9 Å². The third kappa shape index (κ3) is 5.94. The molecule has 0 spiro atoms. The normalized spacial score (nSPS) is 13.1. The Hall–Kier alpha value is -3.35. The molecular formula is C19H20N2O5. The molecule has 7 heteroatoms. The molecule has 1 aromatic heterocycles. The summed E-state index contributed by atoms with van der Waals surface area (Å²) in [6.45, 7) is 1.36. The lowest BCUT2D eigenvalue weighted by molar-refractivity contribution is -0.141. The first-order valence-electron chi connectivity index (χ1n) is 8.05. The van der Waals surface area contributed by atoms with Crippen molar-refractivity contribution in [2.75, 3.05) is 0 Å². The average Bonchev–Trinajstić information content (AvgIpc) is 3.13. The van der Waals surface area contributed by atoms with Crippen molar-refractivity contribution in [1.29, 1.82) is 0 Å². The fourth-order valence-corrected chi connectivity index (χ4v) is 2.20. The largest absolute Gasteiger partial charge is 0.480 e. The second-order valence-electron chi connectivity index (χ2n) is 5.67. The van der Waals surface area contributed by atoms with Crippen LogP contribution in [0.2, 0.25) is 0 Å². The molecule has 0 unspecified atom stereocenters. The molecule has 0 aliphatic rings. The van der Waals surface area contributed by atoms with Gasteiger partial charge in [0.1, 0.15) is 17.8 Å². The van der Waals surface area contributed by atoms with Gasteiger partial charge in [-0.15, -0.1) is 0 Å². The number of carbonyl (C=O) groups is 3. The lowest BCUT2D eigenvalue weighted by Gasteiger charge is -2.19. The van der Waals surface area contributed by atoms with E-state index in [0.29, 0.717) is 5.76 Å². The van der Waals surface area contributed by atoms with Crippen molar-refractivity contribution in [1.82, 2.24) is 10.6 Å². The predicted molar refractivity (Wildman–Crippen MR) is 95.1 cm³/mol. The molecule has 1 aromatic carbocycles.